The second kappa shape index (κ2) is 5.76. The van der Waals surface area contributed by atoms with Gasteiger partial charge in [-0.2, -0.15) is 0 Å². The molecule has 0 N–H and O–H groups in total. The van der Waals surface area contributed by atoms with Crippen molar-refractivity contribution >= 4 is 0 Å². The van der Waals surface area contributed by atoms with Crippen LogP contribution in [0.3, 0.4) is 0 Å². The van der Waals surface area contributed by atoms with Gasteiger partial charge in [-0.25, -0.2) is 4.39 Å². The van der Waals surface area contributed by atoms with Crippen molar-refractivity contribution in [3.8, 4) is 0 Å². The fourth-order valence-electron chi connectivity index (χ4n) is 1.41. The summed E-state index contributed by atoms with van der Waals surface area (Å²) in [5.41, 5.74) is 1.17. The largest absolute Gasteiger partial charge is 0.302 e. The van der Waals surface area contributed by atoms with Gasteiger partial charge in [-0.15, -0.1) is 0 Å². The summed E-state index contributed by atoms with van der Waals surface area (Å²) in [7, 11) is 2.10. The van der Waals surface area contributed by atoms with Crippen molar-refractivity contribution in [2.24, 2.45) is 0 Å². The Balaban J connectivity index is 2.39. The minimum Gasteiger partial charge on any atom is -0.302 e. The maximum Gasteiger partial charge on any atom is 0.123 e. The Morgan fingerprint density at radius 1 is 1.21 bits per heavy atom. The maximum absolute atomic E-state index is 12.6. The Morgan fingerprint density at radius 2 is 1.86 bits per heavy atom. The van der Waals surface area contributed by atoms with Crippen LogP contribution in [0.4, 0.5) is 4.39 Å². The molecule has 0 fully saturated rings. The first kappa shape index (κ1) is 11.2. The highest BCUT2D eigenvalue weighted by molar-refractivity contribution is 5.15. The first-order valence-electron chi connectivity index (χ1n) is 5.15. The molecule has 0 heterocycles. The maximum atomic E-state index is 12.6. The highest BCUT2D eigenvalue weighted by Gasteiger charge is 1.99. The Morgan fingerprint density at radius 3 is 2.43 bits per heavy atom. The number of unbranched alkanes of at least 4 members (excludes halogenated alkanes) is 1. The summed E-state index contributed by atoms with van der Waals surface area (Å²) in [6, 6.07) is 6.72. The van der Waals surface area contributed by atoms with E-state index in [-0.39, 0.29) is 5.82 Å². The van der Waals surface area contributed by atoms with Crippen LogP contribution in [0.15, 0.2) is 24.3 Å². The summed E-state index contributed by atoms with van der Waals surface area (Å²) in [4.78, 5) is 2.26. The van der Waals surface area contributed by atoms with E-state index in [1.165, 1.54) is 30.5 Å². The molecule has 2 heteroatoms. The van der Waals surface area contributed by atoms with Gasteiger partial charge in [0, 0.05) is 6.54 Å². The quantitative estimate of drug-likeness (QED) is 0.698. The molecule has 0 aliphatic carbocycles. The lowest BCUT2D eigenvalue weighted by atomic mass is 10.2. The van der Waals surface area contributed by atoms with E-state index in [0.717, 1.165) is 13.1 Å². The lowest BCUT2D eigenvalue weighted by molar-refractivity contribution is 0.320. The lowest BCUT2D eigenvalue weighted by Crippen LogP contribution is -2.18. The second-order valence-corrected chi connectivity index (χ2v) is 3.72. The average molecular weight is 195 g/mol. The Hall–Kier alpha value is -0.890. The molecule has 0 aliphatic heterocycles. The number of hydrogen-bond acceptors (Lipinski definition) is 1. The van der Waals surface area contributed by atoms with Gasteiger partial charge in [0.2, 0.25) is 0 Å². The molecule has 0 atom stereocenters. The molecule has 14 heavy (non-hydrogen) atoms. The highest BCUT2D eigenvalue weighted by atomic mass is 19.1. The van der Waals surface area contributed by atoms with E-state index >= 15 is 0 Å². The van der Waals surface area contributed by atoms with Gasteiger partial charge in [-0.05, 0) is 37.7 Å². The molecule has 1 aromatic carbocycles. The lowest BCUT2D eigenvalue weighted by Gasteiger charge is -2.15. The van der Waals surface area contributed by atoms with Crippen molar-refractivity contribution in [3.63, 3.8) is 0 Å². The molecule has 0 amide bonds. The Kier molecular flexibility index (Phi) is 4.60. The molecule has 0 unspecified atom stereocenters. The number of benzene rings is 1. The van der Waals surface area contributed by atoms with Crippen molar-refractivity contribution < 1.29 is 4.39 Å². The number of halogens is 1. The topological polar surface area (TPSA) is 3.24 Å². The summed E-state index contributed by atoms with van der Waals surface area (Å²) in [5.74, 6) is -0.162. The molecule has 1 rings (SSSR count). The SMILES string of the molecule is CCCCN(C)Cc1ccc(F)cc1. The smallest absolute Gasteiger partial charge is 0.123 e. The minimum atomic E-state index is -0.162. The number of hydrogen-bond donors (Lipinski definition) is 0. The summed E-state index contributed by atoms with van der Waals surface area (Å²) in [5, 5.41) is 0. The third kappa shape index (κ3) is 3.88. The molecule has 1 aromatic rings. The predicted octanol–water partition coefficient (Wildman–Crippen LogP) is 3.06. The van der Waals surface area contributed by atoms with Crippen molar-refractivity contribution in [3.05, 3.63) is 35.6 Å². The molecule has 0 saturated carbocycles. The van der Waals surface area contributed by atoms with Crippen LogP contribution in [-0.2, 0) is 6.54 Å². The zero-order valence-corrected chi connectivity index (χ0v) is 8.96. The van der Waals surface area contributed by atoms with Crippen molar-refractivity contribution in [1.29, 1.82) is 0 Å². The van der Waals surface area contributed by atoms with E-state index in [1.54, 1.807) is 0 Å². The summed E-state index contributed by atoms with van der Waals surface area (Å²) >= 11 is 0. The van der Waals surface area contributed by atoms with Gasteiger partial charge in [0.1, 0.15) is 5.82 Å². The summed E-state index contributed by atoms with van der Waals surface area (Å²) in [6.45, 7) is 4.19. The minimum absolute atomic E-state index is 0.162. The number of nitrogens with zero attached hydrogens (tertiary/aromatic N) is 1. The first-order chi connectivity index (χ1) is 6.72. The fraction of sp³-hybridized carbons (Fsp3) is 0.500. The highest BCUT2D eigenvalue weighted by Crippen LogP contribution is 2.05. The second-order valence-electron chi connectivity index (χ2n) is 3.72. The predicted molar refractivity (Wildman–Crippen MR) is 57.6 cm³/mol. The van der Waals surface area contributed by atoms with E-state index in [0.29, 0.717) is 0 Å². The van der Waals surface area contributed by atoms with Crippen LogP contribution in [0.25, 0.3) is 0 Å². The summed E-state index contributed by atoms with van der Waals surface area (Å²) in [6.07, 6.45) is 2.44. The third-order valence-corrected chi connectivity index (χ3v) is 2.26. The van der Waals surface area contributed by atoms with Crippen LogP contribution in [0.1, 0.15) is 25.3 Å². The molecule has 0 bridgehead atoms. The van der Waals surface area contributed by atoms with E-state index < -0.39 is 0 Å². The molecule has 1 nitrogen and oxygen atoms in total. The van der Waals surface area contributed by atoms with Gasteiger partial charge in [0.25, 0.3) is 0 Å². The van der Waals surface area contributed by atoms with Gasteiger partial charge >= 0.3 is 0 Å². The van der Waals surface area contributed by atoms with Gasteiger partial charge in [0.15, 0.2) is 0 Å². The van der Waals surface area contributed by atoms with E-state index in [9.17, 15) is 4.39 Å². The fourth-order valence-corrected chi connectivity index (χ4v) is 1.41. The third-order valence-electron chi connectivity index (χ3n) is 2.26. The van der Waals surface area contributed by atoms with Crippen LogP contribution < -0.4 is 0 Å². The Labute approximate surface area is 85.5 Å². The zero-order chi connectivity index (χ0) is 10.4. The molecule has 0 aliphatic rings. The van der Waals surface area contributed by atoms with Crippen molar-refractivity contribution in [2.75, 3.05) is 13.6 Å². The van der Waals surface area contributed by atoms with E-state index in [1.807, 2.05) is 12.1 Å². The molecule has 78 valence electrons. The first-order valence-corrected chi connectivity index (χ1v) is 5.15. The van der Waals surface area contributed by atoms with Crippen molar-refractivity contribution in [2.45, 2.75) is 26.3 Å². The van der Waals surface area contributed by atoms with Crippen LogP contribution in [-0.4, -0.2) is 18.5 Å². The van der Waals surface area contributed by atoms with Crippen molar-refractivity contribution in [1.82, 2.24) is 4.90 Å². The van der Waals surface area contributed by atoms with Gasteiger partial charge in [-0.1, -0.05) is 25.5 Å². The normalized spacial score (nSPS) is 10.9. The van der Waals surface area contributed by atoms with Gasteiger partial charge in [-0.3, -0.25) is 0 Å². The summed E-state index contributed by atoms with van der Waals surface area (Å²) < 4.78 is 12.6. The molecule has 0 radical (unpaired) electrons. The molecule has 0 saturated heterocycles. The molecular weight excluding hydrogens is 177 g/mol. The van der Waals surface area contributed by atoms with E-state index in [2.05, 4.69) is 18.9 Å². The van der Waals surface area contributed by atoms with Crippen LogP contribution >= 0.6 is 0 Å². The van der Waals surface area contributed by atoms with Crippen LogP contribution in [0, 0.1) is 5.82 Å². The van der Waals surface area contributed by atoms with Gasteiger partial charge in [0.05, 0.1) is 0 Å². The standard InChI is InChI=1S/C12H18FN/c1-3-4-9-14(2)10-11-5-7-12(13)8-6-11/h5-8H,3-4,9-10H2,1-2H3. The average Bonchev–Trinajstić information content (AvgIpc) is 2.18. The Bertz CT molecular complexity index is 256. The van der Waals surface area contributed by atoms with Crippen LogP contribution in [0.2, 0.25) is 0 Å². The molecular formula is C12H18FN. The zero-order valence-electron chi connectivity index (χ0n) is 8.96. The van der Waals surface area contributed by atoms with E-state index in [4.69, 9.17) is 0 Å². The van der Waals surface area contributed by atoms with Gasteiger partial charge < -0.3 is 4.90 Å². The molecule has 0 aromatic heterocycles. The number of rotatable bonds is 5. The monoisotopic (exact) mass is 195 g/mol. The van der Waals surface area contributed by atoms with Crippen LogP contribution in [0.5, 0.6) is 0 Å². The molecule has 0 spiro atoms.